The normalized spacial score (nSPS) is 12.9. The summed E-state index contributed by atoms with van der Waals surface area (Å²) >= 11 is 0. The number of alkyl halides is 3. The molecular formula is C41H48F3N7O5. The number of amides is 2. The molecule has 0 aliphatic carbocycles. The number of H-pyrrole nitrogens is 1. The highest BCUT2D eigenvalue weighted by Crippen LogP contribution is 2.33. The molecule has 0 saturated heterocycles. The van der Waals surface area contributed by atoms with E-state index in [1.807, 2.05) is 49.4 Å². The average Bonchev–Trinajstić information content (AvgIpc) is 3.56. The minimum Gasteiger partial charge on any atom is -0.445 e. The van der Waals surface area contributed by atoms with E-state index in [-0.39, 0.29) is 47.8 Å². The standard InChI is InChI=1S/C41H48F3N7O5/c1-26(46-38(53)55-25-28-12-7-6-8-13-28)11-9-14-32-22-31(41(42,43)44)23-35(47-32)34-21-30-24-51(37(52)49-36(30)48-34)33-17-15-29(16-18-33)27(2)50(20-10-19-45)39(54)56-40(3,4)5/h6-8,12-13,15-18,21-24,26-27H,9-11,14,19-20,25,45H2,1-5H3,(H,46,53)(H,48,49,52)/t26-,27-/m0/s1. The molecule has 3 aromatic heterocycles. The fraction of sp³-hybridized carbons (Fsp3) is 0.390. The van der Waals surface area contributed by atoms with Crippen molar-refractivity contribution < 1.29 is 32.2 Å². The monoisotopic (exact) mass is 775 g/mol. The van der Waals surface area contributed by atoms with Crippen LogP contribution in [0.4, 0.5) is 22.8 Å². The molecule has 0 aliphatic rings. The number of rotatable bonds is 14. The number of nitrogens with one attached hydrogen (secondary N) is 2. The van der Waals surface area contributed by atoms with E-state index >= 15 is 0 Å². The number of benzene rings is 2. The van der Waals surface area contributed by atoms with Gasteiger partial charge in [-0.3, -0.25) is 9.55 Å². The molecule has 0 saturated carbocycles. The van der Waals surface area contributed by atoms with Gasteiger partial charge in [-0.15, -0.1) is 0 Å². The Morgan fingerprint density at radius 2 is 1.70 bits per heavy atom. The largest absolute Gasteiger partial charge is 0.445 e. The van der Waals surface area contributed by atoms with Crippen LogP contribution in [0, 0.1) is 0 Å². The van der Waals surface area contributed by atoms with Gasteiger partial charge in [-0.25, -0.2) is 14.4 Å². The topological polar surface area (TPSA) is 157 Å². The van der Waals surface area contributed by atoms with Gasteiger partial charge in [0.25, 0.3) is 0 Å². The molecule has 2 atom stereocenters. The zero-order valence-electron chi connectivity index (χ0n) is 32.2. The molecule has 0 fully saturated rings. The first-order valence-corrected chi connectivity index (χ1v) is 18.5. The van der Waals surface area contributed by atoms with Crippen LogP contribution in [0.5, 0.6) is 0 Å². The molecule has 0 radical (unpaired) electrons. The van der Waals surface area contributed by atoms with Crippen molar-refractivity contribution in [2.75, 3.05) is 13.1 Å². The predicted molar refractivity (Wildman–Crippen MR) is 207 cm³/mol. The lowest BCUT2D eigenvalue weighted by atomic mass is 10.1. The fourth-order valence-electron chi connectivity index (χ4n) is 6.08. The van der Waals surface area contributed by atoms with Crippen LogP contribution < -0.4 is 16.7 Å². The maximum atomic E-state index is 14.0. The Balaban J connectivity index is 1.30. The van der Waals surface area contributed by atoms with Crippen LogP contribution in [0.2, 0.25) is 0 Å². The van der Waals surface area contributed by atoms with Crippen molar-refractivity contribution in [2.24, 2.45) is 5.73 Å². The molecule has 12 nitrogen and oxygen atoms in total. The van der Waals surface area contributed by atoms with Crippen molar-refractivity contribution >= 4 is 23.2 Å². The number of pyridine rings is 1. The van der Waals surface area contributed by atoms with Gasteiger partial charge in [-0.1, -0.05) is 42.5 Å². The Bertz CT molecular complexity index is 2160. The predicted octanol–water partition coefficient (Wildman–Crippen LogP) is 8.08. The summed E-state index contributed by atoms with van der Waals surface area (Å²) < 4.78 is 54.4. The molecule has 0 aliphatic heterocycles. The SMILES string of the molecule is C[C@@H](CCCc1cc(C(F)(F)F)cc(-c2cc3cn(-c4ccc([C@H](C)N(CCCN)C(=O)OC(C)(C)C)cc4)c(=O)nc3[nH]2)n1)NC(=O)OCc1ccccc1. The minimum atomic E-state index is -4.63. The van der Waals surface area contributed by atoms with Crippen LogP contribution >= 0.6 is 0 Å². The maximum Gasteiger partial charge on any atom is 0.416 e. The zero-order chi connectivity index (χ0) is 40.6. The number of carbonyl (C=O) groups is 2. The van der Waals surface area contributed by atoms with E-state index in [1.54, 1.807) is 57.0 Å². The number of nitrogens with zero attached hydrogens (tertiary/aromatic N) is 4. The smallest absolute Gasteiger partial charge is 0.416 e. The molecule has 2 amide bonds. The molecule has 0 spiro atoms. The number of nitrogens with two attached hydrogens (primary N) is 1. The van der Waals surface area contributed by atoms with Gasteiger partial charge in [0, 0.05) is 29.9 Å². The first-order valence-electron chi connectivity index (χ1n) is 18.5. The lowest BCUT2D eigenvalue weighted by molar-refractivity contribution is -0.137. The summed E-state index contributed by atoms with van der Waals surface area (Å²) in [5.41, 5.74) is 6.47. The van der Waals surface area contributed by atoms with E-state index in [0.717, 1.165) is 23.3 Å². The quantitative estimate of drug-likeness (QED) is 0.102. The Kier molecular flexibility index (Phi) is 13.2. The summed E-state index contributed by atoms with van der Waals surface area (Å²) in [6, 6.07) is 19.3. The number of hydrogen-bond acceptors (Lipinski definition) is 8. The van der Waals surface area contributed by atoms with Gasteiger partial charge in [-0.05, 0) is 108 Å². The van der Waals surface area contributed by atoms with Crippen molar-refractivity contribution in [3.8, 4) is 17.1 Å². The Morgan fingerprint density at radius 1 is 0.982 bits per heavy atom. The van der Waals surface area contributed by atoms with Gasteiger partial charge in [0.15, 0.2) is 0 Å². The van der Waals surface area contributed by atoms with Crippen molar-refractivity contribution in [3.05, 3.63) is 112 Å². The summed E-state index contributed by atoms with van der Waals surface area (Å²) in [4.78, 5) is 51.7. The maximum absolute atomic E-state index is 14.0. The number of aromatic nitrogens is 4. The van der Waals surface area contributed by atoms with Crippen molar-refractivity contribution in [1.82, 2.24) is 29.7 Å². The molecule has 2 aromatic carbocycles. The molecular weight excluding hydrogens is 727 g/mol. The molecule has 5 aromatic rings. The van der Waals surface area contributed by atoms with Gasteiger partial charge in [-0.2, -0.15) is 18.2 Å². The summed E-state index contributed by atoms with van der Waals surface area (Å²) in [7, 11) is 0. The van der Waals surface area contributed by atoms with Crippen LogP contribution in [0.1, 0.15) is 82.3 Å². The lowest BCUT2D eigenvalue weighted by Gasteiger charge is -2.32. The summed E-state index contributed by atoms with van der Waals surface area (Å²) in [5.74, 6) is 0. The molecule has 3 heterocycles. The first-order chi connectivity index (χ1) is 26.5. The third kappa shape index (κ3) is 11.2. The van der Waals surface area contributed by atoms with E-state index < -0.39 is 35.2 Å². The lowest BCUT2D eigenvalue weighted by Crippen LogP contribution is -2.39. The number of aromatic amines is 1. The summed E-state index contributed by atoms with van der Waals surface area (Å²) in [5, 5.41) is 3.23. The van der Waals surface area contributed by atoms with Crippen molar-refractivity contribution in [2.45, 2.75) is 90.8 Å². The summed E-state index contributed by atoms with van der Waals surface area (Å²) in [6.45, 7) is 10.0. The molecule has 5 rings (SSSR count). The van der Waals surface area contributed by atoms with E-state index in [2.05, 4.69) is 20.3 Å². The average molecular weight is 776 g/mol. The number of carbonyl (C=O) groups excluding carboxylic acids is 2. The highest BCUT2D eigenvalue weighted by atomic mass is 19.4. The number of hydrogen-bond donors (Lipinski definition) is 3. The van der Waals surface area contributed by atoms with Crippen LogP contribution in [-0.4, -0.2) is 61.3 Å². The van der Waals surface area contributed by atoms with Gasteiger partial charge in [0.1, 0.15) is 17.9 Å². The van der Waals surface area contributed by atoms with E-state index in [1.165, 1.54) is 4.57 Å². The van der Waals surface area contributed by atoms with Gasteiger partial charge < -0.3 is 30.4 Å². The van der Waals surface area contributed by atoms with Crippen LogP contribution in [0.25, 0.3) is 28.1 Å². The van der Waals surface area contributed by atoms with E-state index in [9.17, 15) is 27.6 Å². The van der Waals surface area contributed by atoms with Gasteiger partial charge in [0.2, 0.25) is 0 Å². The Morgan fingerprint density at radius 3 is 2.36 bits per heavy atom. The number of ether oxygens (including phenoxy) is 2. The second kappa shape index (κ2) is 17.8. The fourth-order valence-corrected chi connectivity index (χ4v) is 6.08. The van der Waals surface area contributed by atoms with Crippen molar-refractivity contribution in [1.29, 1.82) is 0 Å². The third-order valence-electron chi connectivity index (χ3n) is 8.99. The van der Waals surface area contributed by atoms with E-state index in [4.69, 9.17) is 15.2 Å². The number of alkyl carbamates (subject to hydrolysis) is 1. The zero-order valence-corrected chi connectivity index (χ0v) is 32.2. The molecule has 298 valence electrons. The minimum absolute atomic E-state index is 0.0463. The molecule has 56 heavy (non-hydrogen) atoms. The first kappa shape index (κ1) is 41.5. The highest BCUT2D eigenvalue weighted by molar-refractivity contribution is 5.82. The van der Waals surface area contributed by atoms with Crippen molar-refractivity contribution in [3.63, 3.8) is 0 Å². The third-order valence-corrected chi connectivity index (χ3v) is 8.99. The molecule has 4 N–H and O–H groups in total. The number of halogens is 3. The van der Waals surface area contributed by atoms with E-state index in [0.29, 0.717) is 43.4 Å². The summed E-state index contributed by atoms with van der Waals surface area (Å²) in [6.07, 6.45) is -2.36. The molecule has 0 bridgehead atoms. The second-order valence-electron chi connectivity index (χ2n) is 14.7. The number of fused-ring (bicyclic) bond motifs is 1. The van der Waals surface area contributed by atoms with Crippen LogP contribution in [0.3, 0.4) is 0 Å². The molecule has 0 unspecified atom stereocenters. The second-order valence-corrected chi connectivity index (χ2v) is 14.7. The van der Waals surface area contributed by atoms with Gasteiger partial charge >= 0.3 is 24.1 Å². The Hall–Kier alpha value is -5.70. The Labute approximate surface area is 323 Å². The highest BCUT2D eigenvalue weighted by Gasteiger charge is 2.32. The number of aryl methyl sites for hydroxylation is 1. The van der Waals surface area contributed by atoms with Crippen LogP contribution in [-0.2, 0) is 28.7 Å². The van der Waals surface area contributed by atoms with Crippen LogP contribution in [0.15, 0.2) is 83.8 Å². The molecule has 15 heteroatoms. The van der Waals surface area contributed by atoms with Gasteiger partial charge in [0.05, 0.1) is 28.7 Å².